The highest BCUT2D eigenvalue weighted by Crippen LogP contribution is 2.25. The number of carboxylic acids is 1. The number of halogens is 2. The summed E-state index contributed by atoms with van der Waals surface area (Å²) in [5.41, 5.74) is 0.733. The van der Waals surface area contributed by atoms with Gasteiger partial charge in [-0.1, -0.05) is 44.0 Å². The molecule has 0 aromatic heterocycles. The van der Waals surface area contributed by atoms with E-state index in [1.807, 2.05) is 6.07 Å². The van der Waals surface area contributed by atoms with E-state index in [4.69, 9.17) is 5.11 Å². The molecule has 0 aliphatic heterocycles. The summed E-state index contributed by atoms with van der Waals surface area (Å²) in [4.78, 5) is 9.92. The van der Waals surface area contributed by atoms with E-state index in [-0.39, 0.29) is 0 Å². The van der Waals surface area contributed by atoms with E-state index in [0.717, 1.165) is 10.0 Å². The molecule has 1 rings (SSSR count). The van der Waals surface area contributed by atoms with Gasteiger partial charge in [0, 0.05) is 4.47 Å². The number of carboxylic acid groups (broad SMARTS) is 1. The van der Waals surface area contributed by atoms with Crippen LogP contribution < -0.4 is 0 Å². The largest absolute Gasteiger partial charge is 0.480 e. The average molecular weight is 294 g/mol. The van der Waals surface area contributed by atoms with E-state index in [1.54, 1.807) is 18.2 Å². The van der Waals surface area contributed by atoms with Crippen molar-refractivity contribution < 1.29 is 9.90 Å². The summed E-state index contributed by atoms with van der Waals surface area (Å²) in [5.74, 6) is -0.881. The lowest BCUT2D eigenvalue weighted by Gasteiger charge is -2.04. The Hall–Kier alpha value is -0.350. The van der Waals surface area contributed by atoms with Crippen LogP contribution in [0.4, 0.5) is 0 Å². The molecule has 0 heterocycles. The molecule has 0 aliphatic rings. The lowest BCUT2D eigenvalue weighted by atomic mass is 10.2. The van der Waals surface area contributed by atoms with E-state index < -0.39 is 10.8 Å². The van der Waals surface area contributed by atoms with Crippen molar-refractivity contribution in [2.24, 2.45) is 0 Å². The molecule has 0 bridgehead atoms. The van der Waals surface area contributed by atoms with Crippen molar-refractivity contribution in [1.82, 2.24) is 0 Å². The molecule has 2 nitrogen and oxygen atoms in total. The predicted octanol–water partition coefficient (Wildman–Crippen LogP) is 2.97. The van der Waals surface area contributed by atoms with Gasteiger partial charge >= 0.3 is 5.97 Å². The van der Waals surface area contributed by atoms with E-state index >= 15 is 0 Å². The van der Waals surface area contributed by atoms with E-state index in [1.165, 1.54) is 0 Å². The monoisotopic (exact) mass is 292 g/mol. The fourth-order valence-corrected chi connectivity index (χ4v) is 1.51. The maximum atomic E-state index is 10.5. The van der Waals surface area contributed by atoms with Crippen LogP contribution in [0, 0.1) is 0 Å². The molecule has 0 unspecified atom stereocenters. The fraction of sp³-hybridized carbons (Fsp3) is 0.125. The Kier molecular flexibility index (Phi) is 3.29. The minimum Gasteiger partial charge on any atom is -0.480 e. The van der Waals surface area contributed by atoms with Gasteiger partial charge in [-0.15, -0.1) is 0 Å². The Morgan fingerprint density at radius 3 is 2.67 bits per heavy atom. The lowest BCUT2D eigenvalue weighted by Crippen LogP contribution is -2.03. The van der Waals surface area contributed by atoms with Crippen LogP contribution in [0.25, 0.3) is 0 Å². The summed E-state index contributed by atoms with van der Waals surface area (Å²) >= 11 is 6.33. The van der Waals surface area contributed by atoms with Crippen LogP contribution in [0.3, 0.4) is 0 Å². The van der Waals surface area contributed by atoms with Crippen molar-refractivity contribution in [3.05, 3.63) is 34.3 Å². The Bertz CT molecular complexity index is 299. The first-order valence-corrected chi connectivity index (χ1v) is 4.94. The van der Waals surface area contributed by atoms with Crippen LogP contribution in [-0.4, -0.2) is 11.1 Å². The molecule has 1 aromatic rings. The second kappa shape index (κ2) is 4.05. The smallest absolute Gasteiger partial charge is 0.321 e. The van der Waals surface area contributed by atoms with Gasteiger partial charge in [0.15, 0.2) is 0 Å². The molecule has 1 aromatic carbocycles. The van der Waals surface area contributed by atoms with Crippen molar-refractivity contribution in [2.75, 3.05) is 0 Å². The second-order valence-corrected chi connectivity index (χ2v) is 4.09. The highest BCUT2D eigenvalue weighted by Gasteiger charge is 2.14. The van der Waals surface area contributed by atoms with Crippen molar-refractivity contribution in [3.8, 4) is 0 Å². The molecular formula is C8H6Br2O2. The standard InChI is InChI=1S/C8H6Br2O2/c9-6-3-1-2-5(4-6)7(10)8(11)12/h1-4,7H,(H,11,12)/t7-/m0/s1. The SMILES string of the molecule is O=C(O)[C@@H](Br)c1cccc(Br)c1. The Morgan fingerprint density at radius 1 is 1.50 bits per heavy atom. The minimum absolute atomic E-state index is 0.630. The van der Waals surface area contributed by atoms with Crippen molar-refractivity contribution >= 4 is 37.8 Å². The molecule has 0 radical (unpaired) electrons. The van der Waals surface area contributed by atoms with Crippen LogP contribution in [0.2, 0.25) is 0 Å². The number of hydrogen-bond acceptors (Lipinski definition) is 1. The van der Waals surface area contributed by atoms with Crippen molar-refractivity contribution in [2.45, 2.75) is 4.83 Å². The molecular weight excluding hydrogens is 288 g/mol. The van der Waals surface area contributed by atoms with Gasteiger partial charge < -0.3 is 5.11 Å². The van der Waals surface area contributed by atoms with E-state index in [2.05, 4.69) is 31.9 Å². The normalized spacial score (nSPS) is 12.5. The van der Waals surface area contributed by atoms with Crippen LogP contribution in [-0.2, 0) is 4.79 Å². The predicted molar refractivity (Wildman–Crippen MR) is 53.4 cm³/mol. The molecule has 0 saturated heterocycles. The molecule has 0 saturated carbocycles. The summed E-state index contributed by atoms with van der Waals surface area (Å²) in [5, 5.41) is 8.66. The first kappa shape index (κ1) is 9.74. The molecule has 0 spiro atoms. The topological polar surface area (TPSA) is 37.3 Å². The van der Waals surface area contributed by atoms with Crippen LogP contribution in [0.1, 0.15) is 10.4 Å². The van der Waals surface area contributed by atoms with Gasteiger partial charge in [0.05, 0.1) is 0 Å². The maximum absolute atomic E-state index is 10.5. The first-order valence-electron chi connectivity index (χ1n) is 3.23. The average Bonchev–Trinajstić information content (AvgIpc) is 2.03. The molecule has 0 fully saturated rings. The number of alkyl halides is 1. The van der Waals surface area contributed by atoms with Gasteiger partial charge in [-0.05, 0) is 17.7 Å². The lowest BCUT2D eigenvalue weighted by molar-refractivity contribution is -0.136. The molecule has 12 heavy (non-hydrogen) atoms. The number of benzene rings is 1. The summed E-state index contributed by atoms with van der Waals surface area (Å²) in [6.07, 6.45) is 0. The van der Waals surface area contributed by atoms with Gasteiger partial charge in [-0.3, -0.25) is 4.79 Å². The van der Waals surface area contributed by atoms with Gasteiger partial charge in [0.1, 0.15) is 4.83 Å². The number of aliphatic carboxylic acids is 1. The zero-order valence-electron chi connectivity index (χ0n) is 6.00. The number of hydrogen-bond donors (Lipinski definition) is 1. The van der Waals surface area contributed by atoms with Gasteiger partial charge in [-0.2, -0.15) is 0 Å². The van der Waals surface area contributed by atoms with Crippen LogP contribution in [0.15, 0.2) is 28.7 Å². The molecule has 4 heteroatoms. The quantitative estimate of drug-likeness (QED) is 0.851. The van der Waals surface area contributed by atoms with E-state index in [9.17, 15) is 4.79 Å². The number of rotatable bonds is 2. The zero-order chi connectivity index (χ0) is 9.14. The van der Waals surface area contributed by atoms with Gasteiger partial charge in [0.2, 0.25) is 0 Å². The third kappa shape index (κ3) is 2.32. The minimum atomic E-state index is -0.881. The van der Waals surface area contributed by atoms with Crippen molar-refractivity contribution in [1.29, 1.82) is 0 Å². The Labute approximate surface area is 86.9 Å². The third-order valence-electron chi connectivity index (χ3n) is 1.36. The number of carbonyl (C=O) groups is 1. The molecule has 1 N–H and O–H groups in total. The summed E-state index contributed by atoms with van der Waals surface area (Å²) in [7, 11) is 0. The van der Waals surface area contributed by atoms with Crippen LogP contribution >= 0.6 is 31.9 Å². The maximum Gasteiger partial charge on any atom is 0.321 e. The van der Waals surface area contributed by atoms with Gasteiger partial charge in [0.25, 0.3) is 0 Å². The summed E-state index contributed by atoms with van der Waals surface area (Å²) in [6, 6.07) is 7.19. The summed E-state index contributed by atoms with van der Waals surface area (Å²) in [6.45, 7) is 0. The van der Waals surface area contributed by atoms with E-state index in [0.29, 0.717) is 0 Å². The molecule has 1 atom stereocenters. The fourth-order valence-electron chi connectivity index (χ4n) is 0.807. The molecule has 0 aliphatic carbocycles. The van der Waals surface area contributed by atoms with Gasteiger partial charge in [-0.25, -0.2) is 0 Å². The van der Waals surface area contributed by atoms with Crippen LogP contribution in [0.5, 0.6) is 0 Å². The Morgan fingerprint density at radius 2 is 2.17 bits per heavy atom. The second-order valence-electron chi connectivity index (χ2n) is 2.26. The summed E-state index contributed by atoms with van der Waals surface area (Å²) < 4.78 is 0.880. The zero-order valence-corrected chi connectivity index (χ0v) is 9.17. The third-order valence-corrected chi connectivity index (χ3v) is 2.77. The highest BCUT2D eigenvalue weighted by atomic mass is 79.9. The Balaban J connectivity index is 2.95. The highest BCUT2D eigenvalue weighted by molar-refractivity contribution is 9.10. The molecule has 0 amide bonds. The first-order chi connectivity index (χ1) is 5.61. The molecule has 64 valence electrons. The van der Waals surface area contributed by atoms with Crippen molar-refractivity contribution in [3.63, 3.8) is 0 Å².